The third-order valence-electron chi connectivity index (χ3n) is 4.19. The summed E-state index contributed by atoms with van der Waals surface area (Å²) in [6.07, 6.45) is -0.899. The largest absolute Gasteiger partial charge is 0.435 e. The zero-order valence-corrected chi connectivity index (χ0v) is 13.7. The summed E-state index contributed by atoms with van der Waals surface area (Å²) in [5.74, 6) is -0.362. The maximum Gasteiger partial charge on any atom is 0.435 e. The number of piperidine rings is 1. The first-order chi connectivity index (χ1) is 10.7. The number of halogens is 3. The van der Waals surface area contributed by atoms with Gasteiger partial charge in [-0.25, -0.2) is 0 Å². The number of hydrogen-bond donors (Lipinski definition) is 0. The third-order valence-corrected chi connectivity index (χ3v) is 4.19. The van der Waals surface area contributed by atoms with Gasteiger partial charge in [0.25, 0.3) is 5.91 Å². The van der Waals surface area contributed by atoms with Crippen LogP contribution in [0.1, 0.15) is 41.9 Å². The summed E-state index contributed by atoms with van der Waals surface area (Å²) < 4.78 is 39.3. The topological polar surface area (TPSA) is 41.4 Å². The molecule has 130 valence electrons. The number of alkyl halides is 3. The third kappa shape index (κ3) is 4.25. The fourth-order valence-corrected chi connectivity index (χ4v) is 2.93. The fraction of sp³-hybridized carbons (Fsp3) is 0.733. The molecule has 0 aromatic carbocycles. The number of hydrogen-bond acceptors (Lipinski definition) is 3. The van der Waals surface area contributed by atoms with Gasteiger partial charge in [-0.1, -0.05) is 0 Å². The van der Waals surface area contributed by atoms with Crippen LogP contribution in [0.3, 0.4) is 0 Å². The number of aryl methyl sites for hydroxylation is 1. The van der Waals surface area contributed by atoms with Crippen molar-refractivity contribution in [3.8, 4) is 0 Å². The Kier molecular flexibility index (Phi) is 5.33. The number of nitrogens with zero attached hydrogens (tertiary/aromatic N) is 4. The average molecular weight is 332 g/mol. The Morgan fingerprint density at radius 3 is 2.65 bits per heavy atom. The number of carbonyl (C=O) groups excluding carboxylic acids is 1. The van der Waals surface area contributed by atoms with E-state index in [1.54, 1.807) is 4.90 Å². The van der Waals surface area contributed by atoms with E-state index in [9.17, 15) is 18.0 Å². The number of carbonyl (C=O) groups is 1. The maximum absolute atomic E-state index is 12.8. The van der Waals surface area contributed by atoms with Crippen molar-refractivity contribution < 1.29 is 18.0 Å². The summed E-state index contributed by atoms with van der Waals surface area (Å²) in [4.78, 5) is 16.5. The quantitative estimate of drug-likeness (QED) is 0.850. The van der Waals surface area contributed by atoms with Crippen molar-refractivity contribution in [2.45, 2.75) is 37.9 Å². The second-order valence-electron chi connectivity index (χ2n) is 6.28. The molecule has 1 aromatic rings. The van der Waals surface area contributed by atoms with Crippen molar-refractivity contribution in [1.82, 2.24) is 19.6 Å². The van der Waals surface area contributed by atoms with Crippen LogP contribution < -0.4 is 0 Å². The summed E-state index contributed by atoms with van der Waals surface area (Å²) in [6, 6.07) is 0.919. The molecule has 1 atom stereocenters. The molecule has 0 radical (unpaired) electrons. The number of likely N-dealkylation sites (tertiary alicyclic amines) is 1. The van der Waals surface area contributed by atoms with Gasteiger partial charge in [-0.15, -0.1) is 0 Å². The van der Waals surface area contributed by atoms with E-state index in [0.717, 1.165) is 43.0 Å². The predicted molar refractivity (Wildman–Crippen MR) is 80.1 cm³/mol. The monoisotopic (exact) mass is 332 g/mol. The van der Waals surface area contributed by atoms with Crippen LogP contribution >= 0.6 is 0 Å². The van der Waals surface area contributed by atoms with Crippen LogP contribution in [-0.4, -0.2) is 58.7 Å². The Balaban J connectivity index is 2.18. The van der Waals surface area contributed by atoms with Crippen LogP contribution in [0, 0.1) is 0 Å². The van der Waals surface area contributed by atoms with Crippen molar-refractivity contribution in [2.75, 3.05) is 27.2 Å². The Morgan fingerprint density at radius 1 is 1.39 bits per heavy atom. The standard InChI is InChI=1S/C15H23F3N4O/c1-20(2)9-7-11-6-4-5-8-22(11)14(23)12-10-13(15(16,17)18)19-21(12)3/h10-11H,4-9H2,1-3H3. The molecule has 1 aliphatic heterocycles. The zero-order chi connectivity index (χ0) is 17.2. The number of rotatable bonds is 4. The lowest BCUT2D eigenvalue weighted by Crippen LogP contribution is -2.45. The Hall–Kier alpha value is -1.57. The lowest BCUT2D eigenvalue weighted by molar-refractivity contribution is -0.141. The smallest absolute Gasteiger partial charge is 0.334 e. The minimum Gasteiger partial charge on any atom is -0.334 e. The van der Waals surface area contributed by atoms with Crippen molar-refractivity contribution >= 4 is 5.91 Å². The fourth-order valence-electron chi connectivity index (χ4n) is 2.93. The van der Waals surface area contributed by atoms with Gasteiger partial charge in [0.15, 0.2) is 5.69 Å². The highest BCUT2D eigenvalue weighted by atomic mass is 19.4. The second-order valence-corrected chi connectivity index (χ2v) is 6.28. The molecule has 0 spiro atoms. The van der Waals surface area contributed by atoms with Gasteiger partial charge in [0, 0.05) is 25.7 Å². The molecule has 5 nitrogen and oxygen atoms in total. The Labute approximate surface area is 134 Å². The molecular formula is C15H23F3N4O. The minimum absolute atomic E-state index is 0.00548. The molecule has 1 fully saturated rings. The highest BCUT2D eigenvalue weighted by molar-refractivity contribution is 5.93. The lowest BCUT2D eigenvalue weighted by atomic mass is 9.98. The molecule has 2 heterocycles. The molecule has 1 aliphatic rings. The van der Waals surface area contributed by atoms with Gasteiger partial charge < -0.3 is 9.80 Å². The van der Waals surface area contributed by atoms with Crippen LogP contribution in [0.15, 0.2) is 6.07 Å². The molecular weight excluding hydrogens is 309 g/mol. The van der Waals surface area contributed by atoms with Gasteiger partial charge in [0.1, 0.15) is 5.69 Å². The summed E-state index contributed by atoms with van der Waals surface area (Å²) in [7, 11) is 5.30. The van der Waals surface area contributed by atoms with E-state index in [0.29, 0.717) is 6.54 Å². The molecule has 1 amide bonds. The molecule has 1 saturated heterocycles. The van der Waals surface area contributed by atoms with Crippen LogP contribution in [0.4, 0.5) is 13.2 Å². The molecule has 1 unspecified atom stereocenters. The van der Waals surface area contributed by atoms with Gasteiger partial charge in [-0.3, -0.25) is 9.48 Å². The van der Waals surface area contributed by atoms with E-state index in [-0.39, 0.29) is 17.6 Å². The second kappa shape index (κ2) is 6.90. The van der Waals surface area contributed by atoms with Crippen LogP contribution in [0.2, 0.25) is 0 Å². The first kappa shape index (κ1) is 17.8. The molecule has 0 bridgehead atoms. The summed E-state index contributed by atoms with van der Waals surface area (Å²) >= 11 is 0. The lowest BCUT2D eigenvalue weighted by Gasteiger charge is -2.36. The molecule has 0 saturated carbocycles. The molecule has 0 aliphatic carbocycles. The SMILES string of the molecule is CN(C)CCC1CCCCN1C(=O)c1cc(C(F)(F)F)nn1C. The maximum atomic E-state index is 12.8. The van der Waals surface area contributed by atoms with Crippen LogP contribution in [0.5, 0.6) is 0 Å². The van der Waals surface area contributed by atoms with Gasteiger partial charge in [-0.05, 0) is 46.3 Å². The Bertz CT molecular complexity index is 553. The molecule has 2 rings (SSSR count). The van der Waals surface area contributed by atoms with Crippen LogP contribution in [-0.2, 0) is 13.2 Å². The Morgan fingerprint density at radius 2 is 2.09 bits per heavy atom. The van der Waals surface area contributed by atoms with Gasteiger partial charge in [0.05, 0.1) is 0 Å². The molecule has 8 heteroatoms. The van der Waals surface area contributed by atoms with Gasteiger partial charge >= 0.3 is 6.18 Å². The first-order valence-corrected chi connectivity index (χ1v) is 7.77. The van der Waals surface area contributed by atoms with Gasteiger partial charge in [-0.2, -0.15) is 18.3 Å². The number of aromatic nitrogens is 2. The summed E-state index contributed by atoms with van der Waals surface area (Å²) in [6.45, 7) is 1.43. The van der Waals surface area contributed by atoms with E-state index in [1.165, 1.54) is 7.05 Å². The molecule has 0 N–H and O–H groups in total. The summed E-state index contributed by atoms with van der Waals surface area (Å²) in [5, 5.41) is 3.43. The van der Waals surface area contributed by atoms with Crippen molar-refractivity contribution in [2.24, 2.45) is 7.05 Å². The van der Waals surface area contributed by atoms with Gasteiger partial charge in [0.2, 0.25) is 0 Å². The normalized spacial score (nSPS) is 19.4. The van der Waals surface area contributed by atoms with Crippen LogP contribution in [0.25, 0.3) is 0 Å². The van der Waals surface area contributed by atoms with E-state index in [2.05, 4.69) is 5.10 Å². The zero-order valence-electron chi connectivity index (χ0n) is 13.7. The van der Waals surface area contributed by atoms with Crippen molar-refractivity contribution in [3.05, 3.63) is 17.5 Å². The predicted octanol–water partition coefficient (Wildman–Crippen LogP) is 2.39. The first-order valence-electron chi connectivity index (χ1n) is 7.77. The minimum atomic E-state index is -4.54. The highest BCUT2D eigenvalue weighted by Crippen LogP contribution is 2.29. The summed E-state index contributed by atoms with van der Waals surface area (Å²) in [5.41, 5.74) is -1.03. The molecule has 23 heavy (non-hydrogen) atoms. The van der Waals surface area contributed by atoms with E-state index in [1.807, 2.05) is 19.0 Å². The van der Waals surface area contributed by atoms with E-state index < -0.39 is 11.9 Å². The molecule has 1 aromatic heterocycles. The number of amides is 1. The van der Waals surface area contributed by atoms with E-state index >= 15 is 0 Å². The average Bonchev–Trinajstić information content (AvgIpc) is 2.87. The van der Waals surface area contributed by atoms with E-state index in [4.69, 9.17) is 0 Å². The van der Waals surface area contributed by atoms with Crippen molar-refractivity contribution in [1.29, 1.82) is 0 Å². The van der Waals surface area contributed by atoms with Crippen molar-refractivity contribution in [3.63, 3.8) is 0 Å². The highest BCUT2D eigenvalue weighted by Gasteiger charge is 2.37.